The second-order valence-corrected chi connectivity index (χ2v) is 2.84. The van der Waals surface area contributed by atoms with Crippen LogP contribution < -0.4 is 22.3 Å². The maximum absolute atomic E-state index is 5.13. The van der Waals surface area contributed by atoms with Crippen molar-refractivity contribution in [1.29, 1.82) is 0 Å². The van der Waals surface area contributed by atoms with E-state index in [1.165, 1.54) is 6.21 Å². The highest BCUT2D eigenvalue weighted by Crippen LogP contribution is 1.70. The van der Waals surface area contributed by atoms with E-state index < -0.39 is 0 Å². The topological polar surface area (TPSA) is 101 Å². The summed E-state index contributed by atoms with van der Waals surface area (Å²) in [6.07, 6.45) is 1.42. The fourth-order valence-corrected chi connectivity index (χ4v) is 0.460. The molecule has 0 heterocycles. The van der Waals surface area contributed by atoms with E-state index >= 15 is 0 Å². The molecular weight excluding hydrogens is 208 g/mol. The van der Waals surface area contributed by atoms with Gasteiger partial charge in [-0.1, -0.05) is 0 Å². The fourth-order valence-electron chi connectivity index (χ4n) is 0.361. The van der Waals surface area contributed by atoms with Crippen molar-refractivity contribution >= 4 is 46.6 Å². The molecule has 0 atom stereocenters. The zero-order chi connectivity index (χ0) is 10.3. The van der Waals surface area contributed by atoms with Crippen molar-refractivity contribution in [2.45, 2.75) is 6.92 Å². The molecule has 6 nitrogen and oxygen atoms in total. The predicted molar refractivity (Wildman–Crippen MR) is 61.4 cm³/mol. The third kappa shape index (κ3) is 8.63. The third-order valence-electron chi connectivity index (χ3n) is 0.769. The SMILES string of the molecule is CC(/C=N\NC(N)=S)=N\NC(N)=S. The summed E-state index contributed by atoms with van der Waals surface area (Å²) in [5.41, 5.74) is 15.6. The van der Waals surface area contributed by atoms with Crippen LogP contribution in [0.4, 0.5) is 0 Å². The van der Waals surface area contributed by atoms with Gasteiger partial charge in [-0.15, -0.1) is 0 Å². The molecule has 0 aliphatic carbocycles. The van der Waals surface area contributed by atoms with Crippen LogP contribution in [0.5, 0.6) is 0 Å². The first-order valence-corrected chi connectivity index (χ1v) is 4.02. The summed E-state index contributed by atoms with van der Waals surface area (Å²) in [6.45, 7) is 1.70. The van der Waals surface area contributed by atoms with Gasteiger partial charge in [-0.2, -0.15) is 10.2 Å². The second kappa shape index (κ2) is 6.26. The van der Waals surface area contributed by atoms with Crippen molar-refractivity contribution in [1.82, 2.24) is 10.9 Å². The number of hydrogen-bond acceptors (Lipinski definition) is 4. The lowest BCUT2D eigenvalue weighted by Gasteiger charge is -1.96. The Morgan fingerprint density at radius 3 is 2.23 bits per heavy atom. The Balaban J connectivity index is 3.91. The number of hydrogen-bond donors (Lipinski definition) is 4. The van der Waals surface area contributed by atoms with Crippen LogP contribution in [0.25, 0.3) is 0 Å². The van der Waals surface area contributed by atoms with Crippen LogP contribution >= 0.6 is 24.4 Å². The molecular formula is C5H10N6S2. The van der Waals surface area contributed by atoms with Gasteiger partial charge in [0.1, 0.15) is 0 Å². The van der Waals surface area contributed by atoms with Gasteiger partial charge in [0.25, 0.3) is 0 Å². The van der Waals surface area contributed by atoms with Crippen LogP contribution in [0.1, 0.15) is 6.92 Å². The van der Waals surface area contributed by atoms with Gasteiger partial charge < -0.3 is 11.5 Å². The Labute approximate surface area is 86.4 Å². The molecule has 0 bridgehead atoms. The van der Waals surface area contributed by atoms with Gasteiger partial charge in [0.2, 0.25) is 0 Å². The molecule has 0 aromatic rings. The molecule has 13 heavy (non-hydrogen) atoms. The molecule has 0 unspecified atom stereocenters. The van der Waals surface area contributed by atoms with Crippen LogP contribution in [0, 0.1) is 0 Å². The van der Waals surface area contributed by atoms with E-state index in [1.54, 1.807) is 6.92 Å². The lowest BCUT2D eigenvalue weighted by atomic mass is 10.5. The normalized spacial score (nSPS) is 11.3. The zero-order valence-corrected chi connectivity index (χ0v) is 8.58. The van der Waals surface area contributed by atoms with E-state index in [9.17, 15) is 0 Å². The smallest absolute Gasteiger partial charge is 0.184 e. The Hall–Kier alpha value is -1.28. The van der Waals surface area contributed by atoms with Crippen LogP contribution in [-0.4, -0.2) is 22.2 Å². The van der Waals surface area contributed by atoms with Gasteiger partial charge in [-0.3, -0.25) is 10.9 Å². The zero-order valence-electron chi connectivity index (χ0n) is 6.94. The lowest BCUT2D eigenvalue weighted by molar-refractivity contribution is 1.02. The molecule has 72 valence electrons. The minimum Gasteiger partial charge on any atom is -0.375 e. The van der Waals surface area contributed by atoms with Crippen LogP contribution in [0.3, 0.4) is 0 Å². The minimum absolute atomic E-state index is 0.0892. The van der Waals surface area contributed by atoms with E-state index in [-0.39, 0.29) is 10.2 Å². The third-order valence-corrected chi connectivity index (χ3v) is 0.951. The summed E-state index contributed by atoms with van der Waals surface area (Å²) in [5.74, 6) is 0. The van der Waals surface area contributed by atoms with E-state index in [4.69, 9.17) is 11.5 Å². The number of thiocarbonyl (C=S) groups is 2. The highest BCUT2D eigenvalue weighted by molar-refractivity contribution is 7.80. The Morgan fingerprint density at radius 1 is 1.23 bits per heavy atom. The molecule has 0 amide bonds. The highest BCUT2D eigenvalue weighted by atomic mass is 32.1. The lowest BCUT2D eigenvalue weighted by Crippen LogP contribution is -2.26. The van der Waals surface area contributed by atoms with Crippen molar-refractivity contribution in [2.75, 3.05) is 0 Å². The molecule has 0 fully saturated rings. The van der Waals surface area contributed by atoms with Crippen molar-refractivity contribution < 1.29 is 0 Å². The molecule has 0 saturated heterocycles. The summed E-state index contributed by atoms with van der Waals surface area (Å²) >= 11 is 9.04. The quantitative estimate of drug-likeness (QED) is 0.276. The van der Waals surface area contributed by atoms with Gasteiger partial charge >= 0.3 is 0 Å². The summed E-state index contributed by atoms with van der Waals surface area (Å²) in [7, 11) is 0. The van der Waals surface area contributed by atoms with Crippen molar-refractivity contribution in [3.05, 3.63) is 0 Å². The predicted octanol–water partition coefficient (Wildman–Crippen LogP) is -0.985. The van der Waals surface area contributed by atoms with Gasteiger partial charge in [0, 0.05) is 0 Å². The monoisotopic (exact) mass is 218 g/mol. The molecule has 6 N–H and O–H groups in total. The number of rotatable bonds is 3. The van der Waals surface area contributed by atoms with Crippen molar-refractivity contribution in [3.63, 3.8) is 0 Å². The molecule has 8 heteroatoms. The van der Waals surface area contributed by atoms with Gasteiger partial charge in [0.15, 0.2) is 10.2 Å². The van der Waals surface area contributed by atoms with Gasteiger partial charge in [-0.25, -0.2) is 0 Å². The van der Waals surface area contributed by atoms with Gasteiger partial charge in [0.05, 0.1) is 11.9 Å². The highest BCUT2D eigenvalue weighted by Gasteiger charge is 1.85. The van der Waals surface area contributed by atoms with Crippen molar-refractivity contribution in [3.8, 4) is 0 Å². The fraction of sp³-hybridized carbons (Fsp3) is 0.200. The average molecular weight is 218 g/mol. The molecule has 0 saturated carbocycles. The maximum Gasteiger partial charge on any atom is 0.184 e. The summed E-state index contributed by atoms with van der Waals surface area (Å²) in [5, 5.41) is 7.58. The van der Waals surface area contributed by atoms with Crippen LogP contribution in [-0.2, 0) is 0 Å². The van der Waals surface area contributed by atoms with Gasteiger partial charge in [-0.05, 0) is 31.4 Å². The van der Waals surface area contributed by atoms with E-state index in [2.05, 4.69) is 45.5 Å². The molecule has 0 spiro atoms. The minimum atomic E-state index is 0.0892. The number of nitrogens with two attached hydrogens (primary N) is 2. The van der Waals surface area contributed by atoms with Crippen LogP contribution in [0.2, 0.25) is 0 Å². The largest absolute Gasteiger partial charge is 0.375 e. The summed E-state index contributed by atoms with van der Waals surface area (Å²) in [4.78, 5) is 0. The van der Waals surface area contributed by atoms with E-state index in [0.29, 0.717) is 5.71 Å². The number of nitrogens with zero attached hydrogens (tertiary/aromatic N) is 2. The first-order chi connectivity index (χ1) is 6.02. The van der Waals surface area contributed by atoms with E-state index in [0.717, 1.165) is 0 Å². The van der Waals surface area contributed by atoms with E-state index in [1.807, 2.05) is 0 Å². The standard InChI is InChI=1S/C5H10N6S2/c1-3(9-11-5(7)13)2-8-10-4(6)12/h2H,1H3,(H3,6,10,12)(H3,7,11,13)/b8-2-,9-3+. The first-order valence-electron chi connectivity index (χ1n) is 3.20. The molecule has 0 aromatic heterocycles. The first kappa shape index (κ1) is 11.7. The molecule has 0 aliphatic rings. The Bertz CT molecular complexity index is 258. The maximum atomic E-state index is 5.13. The van der Waals surface area contributed by atoms with Crippen molar-refractivity contribution in [2.24, 2.45) is 21.7 Å². The number of hydrazone groups is 2. The number of nitrogens with one attached hydrogen (secondary N) is 2. The summed E-state index contributed by atoms with van der Waals surface area (Å²) < 4.78 is 0. The average Bonchev–Trinajstić information content (AvgIpc) is 2.00. The molecule has 0 rings (SSSR count). The molecule has 0 aromatic carbocycles. The Morgan fingerprint density at radius 2 is 1.77 bits per heavy atom. The molecule has 0 aliphatic heterocycles. The Kier molecular flexibility index (Phi) is 5.64. The molecule has 0 radical (unpaired) electrons. The summed E-state index contributed by atoms with van der Waals surface area (Å²) in [6, 6.07) is 0. The second-order valence-electron chi connectivity index (χ2n) is 1.96. The van der Waals surface area contributed by atoms with Crippen LogP contribution in [0.15, 0.2) is 10.2 Å².